The Kier molecular flexibility index (Phi) is 3.66. The van der Waals surface area contributed by atoms with Crippen molar-refractivity contribution >= 4 is 5.82 Å². The zero-order chi connectivity index (χ0) is 14.8. The number of nitrogens with zero attached hydrogens (tertiary/aromatic N) is 3. The molecule has 0 fully saturated rings. The Labute approximate surface area is 113 Å². The summed E-state index contributed by atoms with van der Waals surface area (Å²) in [5, 5.41) is 15.6. The van der Waals surface area contributed by atoms with Crippen LogP contribution in [-0.2, 0) is 19.8 Å². The minimum atomic E-state index is -4.40. The van der Waals surface area contributed by atoms with Crippen molar-refractivity contribution in [1.29, 1.82) is 5.26 Å². The number of nitriles is 1. The van der Waals surface area contributed by atoms with Gasteiger partial charge in [0.2, 0.25) is 0 Å². The number of benzene rings is 1. The van der Waals surface area contributed by atoms with E-state index in [2.05, 4.69) is 10.4 Å². The van der Waals surface area contributed by atoms with Crippen LogP contribution < -0.4 is 5.32 Å². The summed E-state index contributed by atoms with van der Waals surface area (Å²) in [5.74, 6) is 0.270. The first-order valence-corrected chi connectivity index (χ1v) is 5.74. The van der Waals surface area contributed by atoms with Gasteiger partial charge >= 0.3 is 6.18 Å². The van der Waals surface area contributed by atoms with Gasteiger partial charge in [0.25, 0.3) is 0 Å². The van der Waals surface area contributed by atoms with E-state index >= 15 is 0 Å². The number of alkyl halides is 3. The highest BCUT2D eigenvalue weighted by Crippen LogP contribution is 2.32. The maximum atomic E-state index is 12.8. The average Bonchev–Trinajstić information content (AvgIpc) is 2.76. The Hall–Kier alpha value is -2.49. The summed E-state index contributed by atoms with van der Waals surface area (Å²) < 4.78 is 39.9. The van der Waals surface area contributed by atoms with Crippen molar-refractivity contribution in [3.63, 3.8) is 0 Å². The van der Waals surface area contributed by atoms with Gasteiger partial charge in [0.15, 0.2) is 5.82 Å². The molecule has 0 saturated carbocycles. The molecular formula is C13H11F3N4. The predicted octanol–water partition coefficient (Wildman–Crippen LogP) is 2.92. The molecule has 1 aromatic heterocycles. The molecule has 20 heavy (non-hydrogen) atoms. The summed E-state index contributed by atoms with van der Waals surface area (Å²) in [7, 11) is 1.63. The zero-order valence-corrected chi connectivity index (χ0v) is 10.6. The van der Waals surface area contributed by atoms with Gasteiger partial charge in [-0.2, -0.15) is 23.5 Å². The fraction of sp³-hybridized carbons (Fsp3) is 0.231. The Balaban J connectivity index is 2.22. The summed E-state index contributed by atoms with van der Waals surface area (Å²) in [4.78, 5) is 0. The Morgan fingerprint density at radius 2 is 2.05 bits per heavy atom. The number of hydrogen-bond acceptors (Lipinski definition) is 3. The lowest BCUT2D eigenvalue weighted by Crippen LogP contribution is -2.12. The molecule has 1 heterocycles. The van der Waals surface area contributed by atoms with Crippen molar-refractivity contribution in [1.82, 2.24) is 9.78 Å². The molecule has 0 aliphatic rings. The molecule has 1 aromatic carbocycles. The average molecular weight is 280 g/mol. The second-order valence-electron chi connectivity index (χ2n) is 4.19. The lowest BCUT2D eigenvalue weighted by molar-refractivity contribution is -0.138. The first-order valence-electron chi connectivity index (χ1n) is 5.74. The fourth-order valence-corrected chi connectivity index (χ4v) is 1.83. The summed E-state index contributed by atoms with van der Waals surface area (Å²) in [5.41, 5.74) is -0.298. The minimum absolute atomic E-state index is 0.0542. The van der Waals surface area contributed by atoms with E-state index in [4.69, 9.17) is 5.26 Å². The molecular weight excluding hydrogens is 269 g/mol. The van der Waals surface area contributed by atoms with Crippen molar-refractivity contribution in [3.8, 4) is 6.07 Å². The lowest BCUT2D eigenvalue weighted by atomic mass is 10.1. The van der Waals surface area contributed by atoms with Crippen LogP contribution in [0.15, 0.2) is 30.5 Å². The molecule has 0 amide bonds. The lowest BCUT2D eigenvalue weighted by Gasteiger charge is -2.13. The van der Waals surface area contributed by atoms with Gasteiger partial charge in [-0.1, -0.05) is 18.2 Å². The third kappa shape index (κ3) is 2.91. The molecule has 0 aliphatic heterocycles. The quantitative estimate of drug-likeness (QED) is 0.940. The van der Waals surface area contributed by atoms with Gasteiger partial charge < -0.3 is 5.32 Å². The highest BCUT2D eigenvalue weighted by atomic mass is 19.4. The van der Waals surface area contributed by atoms with Crippen molar-refractivity contribution in [2.24, 2.45) is 7.05 Å². The second-order valence-corrected chi connectivity index (χ2v) is 4.19. The standard InChI is InChI=1S/C13H11F3N4/c1-20-8-10(6-17)12(19-20)18-7-9-4-2-3-5-11(9)13(14,15)16/h2-5,8H,7H2,1H3,(H,18,19). The van der Waals surface area contributed by atoms with Crippen molar-refractivity contribution in [2.75, 3.05) is 5.32 Å². The molecule has 1 N–H and O–H groups in total. The van der Waals surface area contributed by atoms with E-state index in [1.54, 1.807) is 7.05 Å². The monoisotopic (exact) mass is 280 g/mol. The maximum absolute atomic E-state index is 12.8. The molecule has 104 valence electrons. The Bertz CT molecular complexity index is 652. The van der Waals surface area contributed by atoms with E-state index < -0.39 is 11.7 Å². The minimum Gasteiger partial charge on any atom is -0.363 e. The second kappa shape index (κ2) is 5.25. The first kappa shape index (κ1) is 13.9. The van der Waals surface area contributed by atoms with Crippen molar-refractivity contribution in [3.05, 3.63) is 47.2 Å². The zero-order valence-electron chi connectivity index (χ0n) is 10.6. The van der Waals surface area contributed by atoms with Gasteiger partial charge in [0.05, 0.1) is 5.56 Å². The molecule has 0 bridgehead atoms. The van der Waals surface area contributed by atoms with Crippen LogP contribution >= 0.6 is 0 Å². The van der Waals surface area contributed by atoms with Crippen LogP contribution in [-0.4, -0.2) is 9.78 Å². The number of hydrogen-bond donors (Lipinski definition) is 1. The Morgan fingerprint density at radius 3 is 2.70 bits per heavy atom. The van der Waals surface area contributed by atoms with Crippen LogP contribution in [0.4, 0.5) is 19.0 Å². The van der Waals surface area contributed by atoms with Crippen molar-refractivity contribution in [2.45, 2.75) is 12.7 Å². The van der Waals surface area contributed by atoms with Crippen LogP contribution in [0.25, 0.3) is 0 Å². The van der Waals surface area contributed by atoms with Gasteiger partial charge in [-0.05, 0) is 11.6 Å². The molecule has 0 spiro atoms. The van der Waals surface area contributed by atoms with E-state index in [1.807, 2.05) is 6.07 Å². The Morgan fingerprint density at radius 1 is 1.35 bits per heavy atom. The van der Waals surface area contributed by atoms with Crippen LogP contribution in [0.5, 0.6) is 0 Å². The third-order valence-electron chi connectivity index (χ3n) is 2.72. The highest BCUT2D eigenvalue weighted by molar-refractivity contribution is 5.51. The van der Waals surface area contributed by atoms with Gasteiger partial charge in [-0.3, -0.25) is 4.68 Å². The number of anilines is 1. The molecule has 2 rings (SSSR count). The van der Waals surface area contributed by atoms with Gasteiger partial charge in [-0.25, -0.2) is 0 Å². The number of rotatable bonds is 3. The third-order valence-corrected chi connectivity index (χ3v) is 2.72. The molecule has 0 atom stereocenters. The number of nitrogens with one attached hydrogen (secondary N) is 1. The summed E-state index contributed by atoms with van der Waals surface area (Å²) in [6, 6.07) is 7.23. The summed E-state index contributed by atoms with van der Waals surface area (Å²) in [6.07, 6.45) is -2.90. The number of halogens is 3. The topological polar surface area (TPSA) is 53.6 Å². The largest absolute Gasteiger partial charge is 0.416 e. The molecule has 2 aromatic rings. The normalized spacial score (nSPS) is 11.2. The molecule has 0 aliphatic carbocycles. The van der Waals surface area contributed by atoms with Crippen molar-refractivity contribution < 1.29 is 13.2 Å². The van der Waals surface area contributed by atoms with Crippen LogP contribution in [0, 0.1) is 11.3 Å². The smallest absolute Gasteiger partial charge is 0.363 e. The maximum Gasteiger partial charge on any atom is 0.416 e. The fourth-order valence-electron chi connectivity index (χ4n) is 1.83. The molecule has 0 radical (unpaired) electrons. The molecule has 7 heteroatoms. The molecule has 4 nitrogen and oxygen atoms in total. The van der Waals surface area contributed by atoms with Gasteiger partial charge in [0.1, 0.15) is 11.6 Å². The van der Waals surface area contributed by atoms with Crippen LogP contribution in [0.2, 0.25) is 0 Å². The highest BCUT2D eigenvalue weighted by Gasteiger charge is 2.32. The van der Waals surface area contributed by atoms with E-state index in [0.717, 1.165) is 6.07 Å². The molecule has 0 unspecified atom stereocenters. The van der Waals surface area contributed by atoms with E-state index in [0.29, 0.717) is 0 Å². The number of aryl methyl sites for hydroxylation is 1. The summed E-state index contributed by atoms with van der Waals surface area (Å²) in [6.45, 7) is -0.0542. The van der Waals surface area contributed by atoms with E-state index in [-0.39, 0.29) is 23.5 Å². The summed E-state index contributed by atoms with van der Waals surface area (Å²) >= 11 is 0. The first-order chi connectivity index (χ1) is 9.41. The predicted molar refractivity (Wildman–Crippen MR) is 66.7 cm³/mol. The molecule has 0 saturated heterocycles. The van der Waals surface area contributed by atoms with Gasteiger partial charge in [-0.15, -0.1) is 0 Å². The van der Waals surface area contributed by atoms with Gasteiger partial charge in [0, 0.05) is 19.8 Å². The van der Waals surface area contributed by atoms with Crippen LogP contribution in [0.1, 0.15) is 16.7 Å². The van der Waals surface area contributed by atoms with E-state index in [1.165, 1.54) is 29.1 Å². The number of aromatic nitrogens is 2. The van der Waals surface area contributed by atoms with Crippen LogP contribution in [0.3, 0.4) is 0 Å². The van der Waals surface area contributed by atoms with E-state index in [9.17, 15) is 13.2 Å². The SMILES string of the molecule is Cn1cc(C#N)c(NCc2ccccc2C(F)(F)F)n1.